The number of hydrogen-bond acceptors (Lipinski definition) is 3. The van der Waals surface area contributed by atoms with Crippen molar-refractivity contribution in [3.8, 4) is 0 Å². The monoisotopic (exact) mass is 225 g/mol. The smallest absolute Gasteiger partial charge is 0.0904 e. The van der Waals surface area contributed by atoms with Gasteiger partial charge < -0.3 is 9.84 Å². The van der Waals surface area contributed by atoms with Crippen molar-refractivity contribution in [1.82, 2.24) is 4.90 Å². The van der Waals surface area contributed by atoms with Gasteiger partial charge in [-0.25, -0.2) is 0 Å². The summed E-state index contributed by atoms with van der Waals surface area (Å²) in [6.45, 7) is 13.3. The van der Waals surface area contributed by atoms with Crippen molar-refractivity contribution in [3.05, 3.63) is 24.8 Å². The quantitative estimate of drug-likeness (QED) is 0.697. The maximum Gasteiger partial charge on any atom is 0.0904 e. The second-order valence-electron chi connectivity index (χ2n) is 4.50. The van der Waals surface area contributed by atoms with Crippen LogP contribution in [0.15, 0.2) is 24.8 Å². The van der Waals surface area contributed by atoms with E-state index in [1.807, 2.05) is 6.92 Å². The number of nitrogens with zero attached hydrogens (tertiary/aromatic N) is 1. The predicted molar refractivity (Wildman–Crippen MR) is 66.5 cm³/mol. The summed E-state index contributed by atoms with van der Waals surface area (Å²) in [5.74, 6) is 0. The zero-order valence-corrected chi connectivity index (χ0v) is 10.2. The Balaban J connectivity index is 2.32. The maximum atomic E-state index is 10.2. The molecule has 0 aromatic heterocycles. The number of rotatable bonds is 6. The lowest BCUT2D eigenvalue weighted by Gasteiger charge is -2.38. The second-order valence-corrected chi connectivity index (χ2v) is 4.50. The number of hydrogen-bond donors (Lipinski definition) is 1. The van der Waals surface area contributed by atoms with Crippen LogP contribution in [0.2, 0.25) is 0 Å². The van der Waals surface area contributed by atoms with Crippen LogP contribution in [0.3, 0.4) is 0 Å². The van der Waals surface area contributed by atoms with Crippen molar-refractivity contribution in [3.63, 3.8) is 0 Å². The van der Waals surface area contributed by atoms with Gasteiger partial charge in [0.2, 0.25) is 0 Å². The molecule has 0 unspecified atom stereocenters. The zero-order valence-electron chi connectivity index (χ0n) is 10.2. The fourth-order valence-electron chi connectivity index (χ4n) is 1.92. The molecule has 0 radical (unpaired) electrons. The normalized spacial score (nSPS) is 20.6. The Morgan fingerprint density at radius 3 is 2.62 bits per heavy atom. The molecule has 0 amide bonds. The van der Waals surface area contributed by atoms with Crippen LogP contribution >= 0.6 is 0 Å². The molecule has 1 N–H and O–H groups in total. The molecular weight excluding hydrogens is 202 g/mol. The van der Waals surface area contributed by atoms with Gasteiger partial charge in [-0.05, 0) is 25.3 Å². The average molecular weight is 225 g/mol. The highest BCUT2D eigenvalue weighted by molar-refractivity contribution is 5.13. The van der Waals surface area contributed by atoms with E-state index in [2.05, 4.69) is 18.1 Å². The predicted octanol–water partition coefficient (Wildman–Crippen LogP) is 1.59. The van der Waals surface area contributed by atoms with E-state index in [4.69, 9.17) is 4.74 Å². The van der Waals surface area contributed by atoms with E-state index >= 15 is 0 Å². The lowest BCUT2D eigenvalue weighted by molar-refractivity contribution is -0.0782. The van der Waals surface area contributed by atoms with Crippen LogP contribution in [0.4, 0.5) is 0 Å². The molecule has 0 bridgehead atoms. The molecule has 3 nitrogen and oxygen atoms in total. The first-order chi connectivity index (χ1) is 7.59. The summed E-state index contributed by atoms with van der Waals surface area (Å²) in [6, 6.07) is 0. The van der Waals surface area contributed by atoms with Crippen molar-refractivity contribution < 1.29 is 9.84 Å². The molecule has 1 aliphatic rings. The van der Waals surface area contributed by atoms with Gasteiger partial charge >= 0.3 is 0 Å². The van der Waals surface area contributed by atoms with Crippen LogP contribution in [0.5, 0.6) is 0 Å². The highest BCUT2D eigenvalue weighted by Gasteiger charge is 2.32. The summed E-state index contributed by atoms with van der Waals surface area (Å²) in [5.41, 5.74) is 0.414. The van der Waals surface area contributed by atoms with Gasteiger partial charge in [0.25, 0.3) is 0 Å². The fourth-order valence-corrected chi connectivity index (χ4v) is 1.92. The standard InChI is InChI=1S/C13H23NO2/c1-4-12(3)10-14-8-6-13(15,7-9-14)11-16-5-2/h4,15H,1,3,5-11H2,2H3. The largest absolute Gasteiger partial charge is 0.387 e. The fraction of sp³-hybridized carbons (Fsp3) is 0.692. The molecule has 0 aromatic rings. The minimum atomic E-state index is -0.623. The van der Waals surface area contributed by atoms with E-state index in [9.17, 15) is 5.11 Å². The van der Waals surface area contributed by atoms with Gasteiger partial charge in [0.1, 0.15) is 0 Å². The van der Waals surface area contributed by atoms with Gasteiger partial charge in [-0.3, -0.25) is 4.90 Å². The van der Waals surface area contributed by atoms with E-state index < -0.39 is 5.60 Å². The van der Waals surface area contributed by atoms with Crippen LogP contribution in [0, 0.1) is 0 Å². The lowest BCUT2D eigenvalue weighted by atomic mass is 9.92. The molecule has 1 saturated heterocycles. The summed E-state index contributed by atoms with van der Waals surface area (Å²) in [4.78, 5) is 2.30. The first kappa shape index (κ1) is 13.4. The molecule has 16 heavy (non-hydrogen) atoms. The third kappa shape index (κ3) is 4.08. The Kier molecular flexibility index (Phi) is 5.19. The molecular formula is C13H23NO2. The minimum absolute atomic E-state index is 0.458. The molecule has 1 fully saturated rings. The van der Waals surface area contributed by atoms with Gasteiger partial charge in [0.15, 0.2) is 0 Å². The Hall–Kier alpha value is -0.640. The Morgan fingerprint density at radius 2 is 2.12 bits per heavy atom. The maximum absolute atomic E-state index is 10.2. The highest BCUT2D eigenvalue weighted by Crippen LogP contribution is 2.22. The SMILES string of the molecule is C=CC(=C)CN1CCC(O)(COCC)CC1. The zero-order chi connectivity index (χ0) is 12.0. The number of aliphatic hydroxyl groups is 1. The van der Waals surface area contributed by atoms with E-state index in [1.165, 1.54) is 0 Å². The first-order valence-electron chi connectivity index (χ1n) is 5.92. The van der Waals surface area contributed by atoms with Crippen LogP contribution in [0.25, 0.3) is 0 Å². The van der Waals surface area contributed by atoms with Gasteiger partial charge in [-0.2, -0.15) is 0 Å². The van der Waals surface area contributed by atoms with Crippen molar-refractivity contribution in [1.29, 1.82) is 0 Å². The summed E-state index contributed by atoms with van der Waals surface area (Å²) in [6.07, 6.45) is 3.34. The molecule has 0 saturated carbocycles. The summed E-state index contributed by atoms with van der Waals surface area (Å²) in [5, 5.41) is 10.2. The van der Waals surface area contributed by atoms with E-state index in [1.54, 1.807) is 6.08 Å². The number of piperidine rings is 1. The summed E-state index contributed by atoms with van der Waals surface area (Å²) < 4.78 is 5.31. The molecule has 0 aromatic carbocycles. The van der Waals surface area contributed by atoms with Crippen molar-refractivity contribution in [2.45, 2.75) is 25.4 Å². The Morgan fingerprint density at radius 1 is 1.50 bits per heavy atom. The number of likely N-dealkylation sites (tertiary alicyclic amines) is 1. The highest BCUT2D eigenvalue weighted by atomic mass is 16.5. The lowest BCUT2D eigenvalue weighted by Crippen LogP contribution is -2.47. The molecule has 1 heterocycles. The topological polar surface area (TPSA) is 32.7 Å². The van der Waals surface area contributed by atoms with Crippen LogP contribution < -0.4 is 0 Å². The van der Waals surface area contributed by atoms with Crippen molar-refractivity contribution in [2.24, 2.45) is 0 Å². The Labute approximate surface area is 98.4 Å². The third-order valence-electron chi connectivity index (χ3n) is 3.08. The van der Waals surface area contributed by atoms with Crippen molar-refractivity contribution in [2.75, 3.05) is 32.8 Å². The summed E-state index contributed by atoms with van der Waals surface area (Å²) >= 11 is 0. The van der Waals surface area contributed by atoms with Gasteiger partial charge in [-0.15, -0.1) is 0 Å². The van der Waals surface area contributed by atoms with Gasteiger partial charge in [-0.1, -0.05) is 19.2 Å². The molecule has 0 aliphatic carbocycles. The molecule has 3 heteroatoms. The molecule has 92 valence electrons. The van der Waals surface area contributed by atoms with Crippen LogP contribution in [-0.4, -0.2) is 48.5 Å². The minimum Gasteiger partial charge on any atom is -0.387 e. The first-order valence-corrected chi connectivity index (χ1v) is 5.92. The Bertz CT molecular complexity index is 242. The van der Waals surface area contributed by atoms with Gasteiger partial charge in [0.05, 0.1) is 12.2 Å². The van der Waals surface area contributed by atoms with Crippen molar-refractivity contribution >= 4 is 0 Å². The number of ether oxygens (including phenoxy) is 1. The van der Waals surface area contributed by atoms with Crippen LogP contribution in [-0.2, 0) is 4.74 Å². The second kappa shape index (κ2) is 6.18. The third-order valence-corrected chi connectivity index (χ3v) is 3.08. The van der Waals surface area contributed by atoms with E-state index in [-0.39, 0.29) is 0 Å². The van der Waals surface area contributed by atoms with E-state index in [0.717, 1.165) is 38.0 Å². The molecule has 1 rings (SSSR count). The molecule has 1 aliphatic heterocycles. The molecule has 0 atom stereocenters. The van der Waals surface area contributed by atoms with E-state index in [0.29, 0.717) is 13.2 Å². The molecule has 0 spiro atoms. The van der Waals surface area contributed by atoms with Crippen LogP contribution in [0.1, 0.15) is 19.8 Å². The van der Waals surface area contributed by atoms with Gasteiger partial charge in [0, 0.05) is 26.2 Å². The summed E-state index contributed by atoms with van der Waals surface area (Å²) in [7, 11) is 0. The average Bonchev–Trinajstić information content (AvgIpc) is 2.30.